The first-order valence-electron chi connectivity index (χ1n) is 5.95. The first-order chi connectivity index (χ1) is 8.53. The minimum Gasteiger partial charge on any atom is -0.380 e. The van der Waals surface area contributed by atoms with Gasteiger partial charge in [0.25, 0.3) is 0 Å². The van der Waals surface area contributed by atoms with E-state index in [1.807, 2.05) is 6.92 Å². The third kappa shape index (κ3) is 6.02. The molecule has 0 aliphatic carbocycles. The number of benzene rings is 1. The van der Waals surface area contributed by atoms with Crippen molar-refractivity contribution < 1.29 is 17.9 Å². The monoisotopic (exact) mass is 261 g/mol. The molecule has 18 heavy (non-hydrogen) atoms. The average Bonchev–Trinajstić information content (AvgIpc) is 2.33. The Balaban J connectivity index is 2.58. The van der Waals surface area contributed by atoms with Gasteiger partial charge in [-0.15, -0.1) is 0 Å². The predicted octanol–water partition coefficient (Wildman–Crippen LogP) is 3.31. The Morgan fingerprint density at radius 2 is 1.89 bits per heavy atom. The fourth-order valence-electron chi connectivity index (χ4n) is 1.67. The summed E-state index contributed by atoms with van der Waals surface area (Å²) in [6.45, 7) is 3.24. The maximum atomic E-state index is 12.5. The van der Waals surface area contributed by atoms with Gasteiger partial charge >= 0.3 is 6.18 Å². The summed E-state index contributed by atoms with van der Waals surface area (Å²) in [5.41, 5.74) is 0.645. The second-order valence-corrected chi connectivity index (χ2v) is 3.93. The van der Waals surface area contributed by atoms with Crippen LogP contribution >= 0.6 is 0 Å². The van der Waals surface area contributed by atoms with Crippen molar-refractivity contribution in [2.75, 3.05) is 19.8 Å². The van der Waals surface area contributed by atoms with Gasteiger partial charge in [-0.05, 0) is 12.5 Å². The molecule has 0 saturated carbocycles. The zero-order valence-electron chi connectivity index (χ0n) is 10.3. The Bertz CT molecular complexity index is 327. The molecule has 102 valence electrons. The molecule has 1 rings (SSSR count). The average molecular weight is 261 g/mol. The molecule has 1 aromatic rings. The predicted molar refractivity (Wildman–Crippen MR) is 64.4 cm³/mol. The van der Waals surface area contributed by atoms with Crippen LogP contribution in [0.15, 0.2) is 30.3 Å². The van der Waals surface area contributed by atoms with E-state index in [0.29, 0.717) is 25.3 Å². The Kier molecular flexibility index (Phi) is 6.15. The smallest absolute Gasteiger partial charge is 0.380 e. The molecule has 0 radical (unpaired) electrons. The molecule has 0 fully saturated rings. The largest absolute Gasteiger partial charge is 0.390 e. The van der Waals surface area contributed by atoms with E-state index in [0.717, 1.165) is 0 Å². The Labute approximate surface area is 105 Å². The summed E-state index contributed by atoms with van der Waals surface area (Å²) in [7, 11) is 0. The molecule has 0 heterocycles. The highest BCUT2D eigenvalue weighted by Crippen LogP contribution is 2.29. The Hall–Kier alpha value is -1.07. The third-order valence-electron chi connectivity index (χ3n) is 2.48. The van der Waals surface area contributed by atoms with Crippen LogP contribution in [-0.2, 0) is 4.74 Å². The van der Waals surface area contributed by atoms with E-state index < -0.39 is 18.6 Å². The quantitative estimate of drug-likeness (QED) is 0.760. The number of alkyl halides is 3. The maximum absolute atomic E-state index is 12.5. The molecule has 0 aliphatic heterocycles. The second-order valence-electron chi connectivity index (χ2n) is 3.93. The lowest BCUT2D eigenvalue weighted by molar-refractivity contribution is -0.140. The second kappa shape index (κ2) is 7.38. The van der Waals surface area contributed by atoms with Crippen molar-refractivity contribution in [2.45, 2.75) is 25.6 Å². The molecule has 1 unspecified atom stereocenters. The van der Waals surface area contributed by atoms with Crippen molar-refractivity contribution in [2.24, 2.45) is 0 Å². The van der Waals surface area contributed by atoms with Crippen molar-refractivity contribution in [3.8, 4) is 0 Å². The van der Waals surface area contributed by atoms with Crippen LogP contribution in [0.4, 0.5) is 13.2 Å². The lowest BCUT2D eigenvalue weighted by Gasteiger charge is -2.20. The Morgan fingerprint density at radius 1 is 1.22 bits per heavy atom. The van der Waals surface area contributed by atoms with Crippen molar-refractivity contribution >= 4 is 0 Å². The standard InChI is InChI=1S/C13H18F3NO/c1-2-18-9-8-17-12(10-13(14,15)16)11-6-4-3-5-7-11/h3-7,12,17H,2,8-10H2,1H3. The fourth-order valence-corrected chi connectivity index (χ4v) is 1.67. The highest BCUT2D eigenvalue weighted by atomic mass is 19.4. The molecule has 0 saturated heterocycles. The number of ether oxygens (including phenoxy) is 1. The van der Waals surface area contributed by atoms with Crippen LogP contribution in [0.25, 0.3) is 0 Å². The number of hydrogen-bond donors (Lipinski definition) is 1. The summed E-state index contributed by atoms with van der Waals surface area (Å²) in [6, 6.07) is 7.95. The molecule has 1 aromatic carbocycles. The molecule has 0 amide bonds. The van der Waals surface area contributed by atoms with Crippen LogP contribution in [0.1, 0.15) is 24.9 Å². The minimum atomic E-state index is -4.18. The molecule has 0 spiro atoms. The zero-order chi connectivity index (χ0) is 13.4. The summed E-state index contributed by atoms with van der Waals surface area (Å²) in [4.78, 5) is 0. The number of rotatable bonds is 7. The number of hydrogen-bond acceptors (Lipinski definition) is 2. The van der Waals surface area contributed by atoms with E-state index in [2.05, 4.69) is 5.32 Å². The highest BCUT2D eigenvalue weighted by Gasteiger charge is 2.32. The van der Waals surface area contributed by atoms with Gasteiger partial charge in [0.1, 0.15) is 0 Å². The van der Waals surface area contributed by atoms with Gasteiger partial charge in [-0.3, -0.25) is 0 Å². The van der Waals surface area contributed by atoms with Crippen LogP contribution < -0.4 is 5.32 Å². The van der Waals surface area contributed by atoms with E-state index in [1.165, 1.54) is 0 Å². The summed E-state index contributed by atoms with van der Waals surface area (Å²) in [5, 5.41) is 2.88. The van der Waals surface area contributed by atoms with Gasteiger partial charge in [0, 0.05) is 19.2 Å². The molecular weight excluding hydrogens is 243 g/mol. The topological polar surface area (TPSA) is 21.3 Å². The van der Waals surface area contributed by atoms with Crippen molar-refractivity contribution in [1.82, 2.24) is 5.32 Å². The van der Waals surface area contributed by atoms with Gasteiger partial charge in [0.15, 0.2) is 0 Å². The van der Waals surface area contributed by atoms with E-state index in [4.69, 9.17) is 4.74 Å². The SMILES string of the molecule is CCOCCNC(CC(F)(F)F)c1ccccc1. The van der Waals surface area contributed by atoms with Gasteiger partial charge < -0.3 is 10.1 Å². The highest BCUT2D eigenvalue weighted by molar-refractivity contribution is 5.19. The molecular formula is C13H18F3NO. The number of nitrogens with one attached hydrogen (secondary N) is 1. The summed E-state index contributed by atoms with van der Waals surface area (Å²) >= 11 is 0. The van der Waals surface area contributed by atoms with Crippen molar-refractivity contribution in [3.05, 3.63) is 35.9 Å². The van der Waals surface area contributed by atoms with Gasteiger partial charge in [-0.1, -0.05) is 30.3 Å². The lowest BCUT2D eigenvalue weighted by Crippen LogP contribution is -2.29. The van der Waals surface area contributed by atoms with Gasteiger partial charge in [0.2, 0.25) is 0 Å². The van der Waals surface area contributed by atoms with Gasteiger partial charge in [-0.25, -0.2) is 0 Å². The Morgan fingerprint density at radius 3 is 2.44 bits per heavy atom. The molecule has 0 bridgehead atoms. The summed E-state index contributed by atoms with van der Waals surface area (Å²) in [6.07, 6.45) is -5.05. The molecule has 5 heteroatoms. The van der Waals surface area contributed by atoms with Crippen LogP contribution in [0.2, 0.25) is 0 Å². The first-order valence-corrected chi connectivity index (χ1v) is 5.95. The van der Waals surface area contributed by atoms with Crippen LogP contribution in [-0.4, -0.2) is 25.9 Å². The van der Waals surface area contributed by atoms with E-state index in [1.54, 1.807) is 30.3 Å². The third-order valence-corrected chi connectivity index (χ3v) is 2.48. The molecule has 1 atom stereocenters. The van der Waals surface area contributed by atoms with E-state index in [9.17, 15) is 13.2 Å². The number of halogens is 3. The maximum Gasteiger partial charge on any atom is 0.390 e. The van der Waals surface area contributed by atoms with Gasteiger partial charge in [-0.2, -0.15) is 13.2 Å². The van der Waals surface area contributed by atoms with Crippen LogP contribution in [0.3, 0.4) is 0 Å². The summed E-state index contributed by atoms with van der Waals surface area (Å²) in [5.74, 6) is 0. The lowest BCUT2D eigenvalue weighted by atomic mass is 10.0. The molecule has 0 aliphatic rings. The summed E-state index contributed by atoms with van der Waals surface area (Å²) < 4.78 is 42.6. The molecule has 1 N–H and O–H groups in total. The molecule has 2 nitrogen and oxygen atoms in total. The minimum absolute atomic E-state index is 0.406. The molecule has 0 aromatic heterocycles. The first kappa shape index (κ1) is 15.0. The van der Waals surface area contributed by atoms with Crippen molar-refractivity contribution in [3.63, 3.8) is 0 Å². The van der Waals surface area contributed by atoms with Crippen molar-refractivity contribution in [1.29, 1.82) is 0 Å². The normalized spacial score (nSPS) is 13.6. The van der Waals surface area contributed by atoms with E-state index >= 15 is 0 Å². The van der Waals surface area contributed by atoms with Crippen LogP contribution in [0, 0.1) is 0 Å². The van der Waals surface area contributed by atoms with E-state index in [-0.39, 0.29) is 0 Å². The fraction of sp³-hybridized carbons (Fsp3) is 0.538. The zero-order valence-corrected chi connectivity index (χ0v) is 10.3. The van der Waals surface area contributed by atoms with Gasteiger partial charge in [0.05, 0.1) is 13.0 Å². The van der Waals surface area contributed by atoms with Crippen LogP contribution in [0.5, 0.6) is 0 Å².